The van der Waals surface area contributed by atoms with Crippen LogP contribution >= 0.6 is 11.3 Å². The number of nitrogens with zero attached hydrogens (tertiary/aromatic N) is 1. The molecule has 41 heavy (non-hydrogen) atoms. The molecule has 2 aliphatic rings. The standard InChI is InChI=1S/C32H39N3O5S/c1-5-32(23-13-15-34-20-23)28(26-12-9-17-41-26)31(30(33)37,22-10-7-6-8-11-22)14-16-35(32)29(36)21-18-24(38-2)27(40-4)25(19-21)39-3/h6-12,17-19,23,28,34H,5,13-16,20H2,1-4H3,(H2,33,37). The number of ether oxygens (including phenoxy) is 3. The Morgan fingerprint density at radius 2 is 1.76 bits per heavy atom. The molecule has 0 radical (unpaired) electrons. The van der Waals surface area contributed by atoms with Crippen LogP contribution in [0.5, 0.6) is 17.2 Å². The van der Waals surface area contributed by atoms with Gasteiger partial charge < -0.3 is 30.2 Å². The predicted molar refractivity (Wildman–Crippen MR) is 160 cm³/mol. The van der Waals surface area contributed by atoms with Gasteiger partial charge in [0.15, 0.2) is 11.5 Å². The molecule has 2 aromatic carbocycles. The first-order valence-electron chi connectivity index (χ1n) is 14.1. The smallest absolute Gasteiger partial charge is 0.254 e. The molecular formula is C32H39N3O5S. The van der Waals surface area contributed by atoms with E-state index >= 15 is 0 Å². The van der Waals surface area contributed by atoms with Crippen LogP contribution in [0.25, 0.3) is 0 Å². The number of hydrogen-bond donors (Lipinski definition) is 2. The fourth-order valence-electron chi connectivity index (χ4n) is 7.49. The quantitative estimate of drug-likeness (QED) is 0.386. The number of carbonyl (C=O) groups is 2. The summed E-state index contributed by atoms with van der Waals surface area (Å²) in [5, 5.41) is 5.58. The van der Waals surface area contributed by atoms with Crippen molar-refractivity contribution >= 4 is 23.2 Å². The summed E-state index contributed by atoms with van der Waals surface area (Å²) >= 11 is 1.62. The molecule has 2 aliphatic heterocycles. The van der Waals surface area contributed by atoms with Crippen molar-refractivity contribution in [3.63, 3.8) is 0 Å². The first-order valence-corrected chi connectivity index (χ1v) is 15.0. The molecule has 0 spiro atoms. The van der Waals surface area contributed by atoms with Gasteiger partial charge in [-0.1, -0.05) is 43.3 Å². The highest BCUT2D eigenvalue weighted by Crippen LogP contribution is 2.59. The lowest BCUT2D eigenvalue weighted by atomic mass is 9.53. The molecule has 0 bridgehead atoms. The molecule has 3 heterocycles. The molecule has 1 aromatic heterocycles. The van der Waals surface area contributed by atoms with Gasteiger partial charge in [-0.2, -0.15) is 0 Å². The van der Waals surface area contributed by atoms with Gasteiger partial charge >= 0.3 is 0 Å². The van der Waals surface area contributed by atoms with Crippen molar-refractivity contribution in [1.82, 2.24) is 10.2 Å². The number of methoxy groups -OCH3 is 3. The van der Waals surface area contributed by atoms with Crippen LogP contribution in [0.3, 0.4) is 0 Å². The Kier molecular flexibility index (Phi) is 8.29. The van der Waals surface area contributed by atoms with E-state index in [-0.39, 0.29) is 23.7 Å². The van der Waals surface area contributed by atoms with Crippen LogP contribution in [0, 0.1) is 5.92 Å². The number of amides is 2. The molecule has 8 nitrogen and oxygen atoms in total. The molecule has 9 heteroatoms. The maximum Gasteiger partial charge on any atom is 0.254 e. The van der Waals surface area contributed by atoms with E-state index in [1.807, 2.05) is 46.7 Å². The van der Waals surface area contributed by atoms with E-state index in [2.05, 4.69) is 18.3 Å². The van der Waals surface area contributed by atoms with Crippen molar-refractivity contribution in [3.8, 4) is 17.2 Å². The molecule has 0 aliphatic carbocycles. The van der Waals surface area contributed by atoms with Gasteiger partial charge in [-0.15, -0.1) is 11.3 Å². The van der Waals surface area contributed by atoms with E-state index in [1.54, 1.807) is 44.8 Å². The van der Waals surface area contributed by atoms with Gasteiger partial charge in [0.25, 0.3) is 5.91 Å². The Hall–Kier alpha value is -3.56. The lowest BCUT2D eigenvalue weighted by Gasteiger charge is -2.61. The normalized spacial score (nSPS) is 26.0. The zero-order chi connectivity index (χ0) is 29.2. The topological polar surface area (TPSA) is 103 Å². The number of nitrogens with one attached hydrogen (secondary N) is 1. The van der Waals surface area contributed by atoms with Crippen LogP contribution in [0.15, 0.2) is 60.0 Å². The van der Waals surface area contributed by atoms with Gasteiger partial charge in [-0.25, -0.2) is 0 Å². The molecular weight excluding hydrogens is 538 g/mol. The molecule has 2 fully saturated rings. The van der Waals surface area contributed by atoms with Crippen molar-refractivity contribution < 1.29 is 23.8 Å². The largest absolute Gasteiger partial charge is 0.493 e. The zero-order valence-corrected chi connectivity index (χ0v) is 25.0. The molecule has 0 saturated carbocycles. The molecule has 2 amide bonds. The van der Waals surface area contributed by atoms with Crippen LogP contribution in [-0.2, 0) is 10.2 Å². The Balaban J connectivity index is 1.76. The molecule has 2 saturated heterocycles. The number of rotatable bonds is 9. The Morgan fingerprint density at radius 1 is 1.05 bits per heavy atom. The number of hydrogen-bond acceptors (Lipinski definition) is 7. The highest BCUT2D eigenvalue weighted by Gasteiger charge is 2.64. The summed E-state index contributed by atoms with van der Waals surface area (Å²) in [6, 6.07) is 17.4. The minimum absolute atomic E-state index is 0.105. The average Bonchev–Trinajstić information content (AvgIpc) is 3.75. The van der Waals surface area contributed by atoms with Crippen LogP contribution in [0.1, 0.15) is 52.9 Å². The number of benzene rings is 2. The third-order valence-electron chi connectivity index (χ3n) is 9.27. The summed E-state index contributed by atoms with van der Waals surface area (Å²) in [4.78, 5) is 31.7. The Bertz CT molecular complexity index is 1350. The summed E-state index contributed by atoms with van der Waals surface area (Å²) in [5.74, 6) is 0.541. The minimum Gasteiger partial charge on any atom is -0.493 e. The first kappa shape index (κ1) is 29.0. The second-order valence-corrected chi connectivity index (χ2v) is 11.8. The second-order valence-electron chi connectivity index (χ2n) is 10.8. The SMILES string of the molecule is CCC1(C2CCNC2)C(c2cccs2)C(C(N)=O)(c2ccccc2)CCN1C(=O)c1cc(OC)c(OC)c(OC)c1. The number of primary amides is 1. The van der Waals surface area contributed by atoms with E-state index in [0.717, 1.165) is 30.0 Å². The van der Waals surface area contributed by atoms with Gasteiger partial charge in [0, 0.05) is 29.4 Å². The van der Waals surface area contributed by atoms with E-state index in [1.165, 1.54) is 0 Å². The van der Waals surface area contributed by atoms with Gasteiger partial charge in [-0.05, 0) is 60.9 Å². The number of nitrogens with two attached hydrogens (primary N) is 1. The predicted octanol–water partition coefficient (Wildman–Crippen LogP) is 4.59. The maximum atomic E-state index is 14.7. The molecule has 4 atom stereocenters. The van der Waals surface area contributed by atoms with E-state index in [4.69, 9.17) is 19.9 Å². The summed E-state index contributed by atoms with van der Waals surface area (Å²) < 4.78 is 16.7. The Morgan fingerprint density at radius 3 is 2.27 bits per heavy atom. The van der Waals surface area contributed by atoms with Gasteiger partial charge in [-0.3, -0.25) is 9.59 Å². The summed E-state index contributed by atoms with van der Waals surface area (Å²) in [7, 11) is 4.63. The van der Waals surface area contributed by atoms with Crippen molar-refractivity contribution in [2.75, 3.05) is 41.0 Å². The molecule has 4 unspecified atom stereocenters. The van der Waals surface area contributed by atoms with Gasteiger partial charge in [0.2, 0.25) is 11.7 Å². The van der Waals surface area contributed by atoms with Crippen LogP contribution in [0.2, 0.25) is 0 Å². The monoisotopic (exact) mass is 577 g/mol. The van der Waals surface area contributed by atoms with E-state index in [9.17, 15) is 9.59 Å². The van der Waals surface area contributed by atoms with Crippen LogP contribution in [0.4, 0.5) is 0 Å². The molecule has 3 N–H and O–H groups in total. The minimum atomic E-state index is -0.989. The van der Waals surface area contributed by atoms with Gasteiger partial charge in [0.05, 0.1) is 32.3 Å². The number of piperidine rings is 1. The van der Waals surface area contributed by atoms with Crippen LogP contribution in [-0.4, -0.2) is 63.2 Å². The van der Waals surface area contributed by atoms with E-state index < -0.39 is 11.0 Å². The number of carbonyl (C=O) groups excluding carboxylic acids is 2. The number of thiophene rings is 1. The molecule has 5 rings (SSSR count). The average molecular weight is 578 g/mol. The number of likely N-dealkylation sites (tertiary alicyclic amines) is 1. The van der Waals surface area contributed by atoms with Crippen molar-refractivity contribution in [2.24, 2.45) is 11.7 Å². The van der Waals surface area contributed by atoms with Crippen molar-refractivity contribution in [1.29, 1.82) is 0 Å². The summed E-state index contributed by atoms with van der Waals surface area (Å²) in [5.41, 5.74) is 6.10. The third-order valence-corrected chi connectivity index (χ3v) is 10.2. The van der Waals surface area contributed by atoms with Crippen molar-refractivity contribution in [3.05, 3.63) is 76.0 Å². The zero-order valence-electron chi connectivity index (χ0n) is 24.1. The fraction of sp³-hybridized carbons (Fsp3) is 0.438. The molecule has 218 valence electrons. The lowest BCUT2D eigenvalue weighted by Crippen LogP contribution is -2.70. The third kappa shape index (κ3) is 4.55. The van der Waals surface area contributed by atoms with E-state index in [0.29, 0.717) is 42.2 Å². The summed E-state index contributed by atoms with van der Waals surface area (Å²) in [6.45, 7) is 4.11. The molecule has 3 aromatic rings. The van der Waals surface area contributed by atoms with Crippen LogP contribution < -0.4 is 25.3 Å². The maximum absolute atomic E-state index is 14.7. The van der Waals surface area contributed by atoms with Gasteiger partial charge in [0.1, 0.15) is 0 Å². The fourth-order valence-corrected chi connectivity index (χ4v) is 8.51. The van der Waals surface area contributed by atoms with Crippen molar-refractivity contribution in [2.45, 2.75) is 43.1 Å². The summed E-state index contributed by atoms with van der Waals surface area (Å²) in [6.07, 6.45) is 1.95. The lowest BCUT2D eigenvalue weighted by molar-refractivity contribution is -0.131. The highest BCUT2D eigenvalue weighted by molar-refractivity contribution is 7.10. The first-order chi connectivity index (χ1) is 19.9. The highest BCUT2D eigenvalue weighted by atomic mass is 32.1. The second kappa shape index (κ2) is 11.7. The Labute approximate surface area is 245 Å².